The van der Waals surface area contributed by atoms with Gasteiger partial charge in [0.1, 0.15) is 11.6 Å². The monoisotopic (exact) mass is 261 g/mol. The van der Waals surface area contributed by atoms with Gasteiger partial charge in [-0.2, -0.15) is 0 Å². The van der Waals surface area contributed by atoms with E-state index in [0.717, 1.165) is 6.04 Å². The smallest absolute Gasteiger partial charge is 0.137 e. The minimum atomic E-state index is -1.78. The average molecular weight is 262 g/mol. The molecule has 4 heteroatoms. The number of hydrogen-bond acceptors (Lipinski definition) is 2. The molecule has 0 saturated carbocycles. The second kappa shape index (κ2) is 6.33. The maximum Gasteiger partial charge on any atom is 0.137 e. The van der Waals surface area contributed by atoms with Crippen molar-refractivity contribution in [2.24, 2.45) is 0 Å². The summed E-state index contributed by atoms with van der Waals surface area (Å²) in [5.74, 6) is 0.0111. The summed E-state index contributed by atoms with van der Waals surface area (Å²) < 4.78 is 0. The Balaban J connectivity index is 0. The van der Waals surface area contributed by atoms with Crippen molar-refractivity contribution in [3.63, 3.8) is 0 Å². The molecule has 85 valence electrons. The van der Waals surface area contributed by atoms with Gasteiger partial charge in [0.25, 0.3) is 0 Å². The number of rotatable bonds is 5. The predicted molar refractivity (Wildman–Crippen MR) is 57.6 cm³/mol. The molecule has 0 N–H and O–H groups in total. The van der Waals surface area contributed by atoms with Crippen LogP contribution in [0.15, 0.2) is 12.7 Å². The molecular weight excluding hydrogens is 244 g/mol. The first kappa shape index (κ1) is 16.3. The number of allylic oxidation sites excluding steroid dienone is 1. The fraction of sp³-hybridized carbons (Fsp3) is 0.600. The van der Waals surface area contributed by atoms with Gasteiger partial charge in [0.2, 0.25) is 0 Å². The first-order valence-electron chi connectivity index (χ1n) is 4.44. The molecule has 0 saturated heterocycles. The minimum Gasteiger partial charge on any atom is -0.300 e. The van der Waals surface area contributed by atoms with E-state index in [1.807, 2.05) is 6.08 Å². The van der Waals surface area contributed by atoms with Gasteiger partial charge in [-0.25, -0.2) is 0 Å². The normalized spacial score (nSPS) is 10.6. The summed E-state index contributed by atoms with van der Waals surface area (Å²) >= 11 is 0. The van der Waals surface area contributed by atoms with Crippen molar-refractivity contribution in [1.29, 1.82) is 0 Å². The Morgan fingerprint density at radius 1 is 1.29 bits per heavy atom. The van der Waals surface area contributed by atoms with Crippen LogP contribution in [0.2, 0.25) is 24.7 Å². The van der Waals surface area contributed by atoms with E-state index >= 15 is 0 Å². The van der Waals surface area contributed by atoms with E-state index in [2.05, 4.69) is 19.7 Å². The van der Waals surface area contributed by atoms with Crippen molar-refractivity contribution in [2.45, 2.75) is 38.5 Å². The molecule has 1 radical (unpaired) electrons. The van der Waals surface area contributed by atoms with Gasteiger partial charge < -0.3 is 0 Å². The van der Waals surface area contributed by atoms with Gasteiger partial charge in [0.15, 0.2) is 0 Å². The maximum absolute atomic E-state index is 11.3. The molecular formula is C10H18CuO2Si. The third-order valence-electron chi connectivity index (χ3n) is 2.26. The van der Waals surface area contributed by atoms with E-state index in [1.165, 1.54) is 13.8 Å². The molecule has 0 heterocycles. The van der Waals surface area contributed by atoms with Crippen molar-refractivity contribution in [1.82, 2.24) is 0 Å². The summed E-state index contributed by atoms with van der Waals surface area (Å²) in [6.07, 6.45) is 1.81. The molecule has 0 aliphatic rings. The first-order valence-corrected chi connectivity index (χ1v) is 7.73. The summed E-state index contributed by atoms with van der Waals surface area (Å²) in [7, 11) is -1.78. The van der Waals surface area contributed by atoms with E-state index in [9.17, 15) is 9.59 Å². The number of carbonyl (C=O) groups excluding carboxylic acids is 2. The van der Waals surface area contributed by atoms with Crippen molar-refractivity contribution in [3.8, 4) is 0 Å². The second-order valence-corrected chi connectivity index (χ2v) is 9.10. The predicted octanol–water partition coefficient (Wildman–Crippen LogP) is 2.43. The molecule has 0 aromatic heterocycles. The van der Waals surface area contributed by atoms with Crippen LogP contribution in [0.4, 0.5) is 0 Å². The van der Waals surface area contributed by atoms with Gasteiger partial charge in [0.05, 0.1) is 13.6 Å². The number of Topliss-reactive ketones (excluding diaryl/α,β-unsaturated/α-hetero) is 2. The van der Waals surface area contributed by atoms with Crippen LogP contribution >= 0.6 is 0 Å². The molecule has 0 amide bonds. The largest absolute Gasteiger partial charge is 0.300 e. The molecule has 0 aliphatic carbocycles. The van der Waals surface area contributed by atoms with Gasteiger partial charge in [-0.1, -0.05) is 19.2 Å². The van der Waals surface area contributed by atoms with Crippen LogP contribution in [0.5, 0.6) is 0 Å². The Morgan fingerprint density at radius 3 is 1.86 bits per heavy atom. The molecule has 2 nitrogen and oxygen atoms in total. The van der Waals surface area contributed by atoms with Crippen molar-refractivity contribution in [2.75, 3.05) is 0 Å². The number of hydrogen-bond donors (Lipinski definition) is 0. The molecule has 0 aliphatic heterocycles. The first-order chi connectivity index (χ1) is 5.83. The van der Waals surface area contributed by atoms with Crippen LogP contribution in [0.25, 0.3) is 0 Å². The third-order valence-corrected chi connectivity index (χ3v) is 5.98. The SMILES string of the molecule is C=CC[Si](C)(C)C(C(C)=O)C(C)=O.[Cu]. The van der Waals surface area contributed by atoms with Crippen molar-refractivity contribution >= 4 is 19.6 Å². The molecule has 0 rings (SSSR count). The Bertz CT molecular complexity index is 222. The maximum atomic E-state index is 11.3. The Kier molecular flexibility index (Phi) is 7.35. The molecule has 0 atom stereocenters. The van der Waals surface area contributed by atoms with Crippen LogP contribution < -0.4 is 0 Å². The zero-order valence-electron chi connectivity index (χ0n) is 9.19. The zero-order valence-corrected chi connectivity index (χ0v) is 11.1. The Hall–Kier alpha value is -0.184. The molecule has 0 bridgehead atoms. The van der Waals surface area contributed by atoms with Gasteiger partial charge in [-0.15, -0.1) is 6.58 Å². The quantitative estimate of drug-likeness (QED) is 0.433. The van der Waals surface area contributed by atoms with Gasteiger partial charge in [-0.05, 0) is 19.9 Å². The second-order valence-electron chi connectivity index (χ2n) is 4.14. The van der Waals surface area contributed by atoms with Gasteiger partial charge in [0, 0.05) is 17.1 Å². The third kappa shape index (κ3) is 4.36. The Labute approximate surface area is 97.6 Å². The standard InChI is InChI=1S/C10H18O2Si.Cu/c1-6-7-13(4,5)10(8(2)11)9(3)12;/h6,10H,1,7H2,2-5H3;. The topological polar surface area (TPSA) is 34.1 Å². The summed E-state index contributed by atoms with van der Waals surface area (Å²) in [6.45, 7) is 10.8. The van der Waals surface area contributed by atoms with E-state index in [4.69, 9.17) is 0 Å². The zero-order chi connectivity index (χ0) is 10.6. The number of ketones is 2. The molecule has 0 spiro atoms. The fourth-order valence-corrected chi connectivity index (χ4v) is 5.06. The van der Waals surface area contributed by atoms with E-state index < -0.39 is 8.07 Å². The van der Waals surface area contributed by atoms with E-state index in [0.29, 0.717) is 0 Å². The van der Waals surface area contributed by atoms with E-state index in [-0.39, 0.29) is 34.2 Å². The molecule has 0 aromatic carbocycles. The van der Waals surface area contributed by atoms with Gasteiger partial charge >= 0.3 is 0 Å². The van der Waals surface area contributed by atoms with Crippen LogP contribution in [-0.4, -0.2) is 19.6 Å². The van der Waals surface area contributed by atoms with Crippen LogP contribution in [0, 0.1) is 0 Å². The Morgan fingerprint density at radius 2 is 1.64 bits per heavy atom. The minimum absolute atomic E-state index is 0. The average Bonchev–Trinajstić information content (AvgIpc) is 1.82. The molecule has 0 fully saturated rings. The summed E-state index contributed by atoms with van der Waals surface area (Å²) in [6, 6.07) is 0.816. The van der Waals surface area contributed by atoms with Crippen LogP contribution in [0.3, 0.4) is 0 Å². The van der Waals surface area contributed by atoms with Crippen molar-refractivity contribution < 1.29 is 26.7 Å². The van der Waals surface area contributed by atoms with Gasteiger partial charge in [-0.3, -0.25) is 9.59 Å². The molecule has 0 unspecified atom stereocenters. The summed E-state index contributed by atoms with van der Waals surface area (Å²) in [5.41, 5.74) is -0.356. The fourth-order valence-electron chi connectivity index (χ4n) is 1.88. The molecule has 0 aromatic rings. The van der Waals surface area contributed by atoms with E-state index in [1.54, 1.807) is 0 Å². The summed E-state index contributed by atoms with van der Waals surface area (Å²) in [4.78, 5) is 22.6. The molecule has 14 heavy (non-hydrogen) atoms. The summed E-state index contributed by atoms with van der Waals surface area (Å²) in [5, 5.41) is 0. The van der Waals surface area contributed by atoms with Crippen LogP contribution in [-0.2, 0) is 26.7 Å². The van der Waals surface area contributed by atoms with Crippen molar-refractivity contribution in [3.05, 3.63) is 12.7 Å². The number of carbonyl (C=O) groups is 2. The van der Waals surface area contributed by atoms with Crippen LogP contribution in [0.1, 0.15) is 13.8 Å².